The predicted octanol–water partition coefficient (Wildman–Crippen LogP) is 0.633. The molecule has 2 rings (SSSR count). The topological polar surface area (TPSA) is 75.4 Å². The van der Waals surface area contributed by atoms with E-state index in [1.165, 1.54) is 0 Å². The van der Waals surface area contributed by atoms with Crippen molar-refractivity contribution in [3.63, 3.8) is 0 Å². The minimum absolute atomic E-state index is 0.0993. The van der Waals surface area contributed by atoms with Crippen LogP contribution in [0.4, 0.5) is 0 Å². The fourth-order valence-electron chi connectivity index (χ4n) is 3.00. The van der Waals surface area contributed by atoms with E-state index in [9.17, 15) is 9.59 Å². The molecule has 19 heavy (non-hydrogen) atoms. The van der Waals surface area contributed by atoms with Crippen molar-refractivity contribution in [1.29, 1.82) is 0 Å². The minimum Gasteiger partial charge on any atom is -0.353 e. The van der Waals surface area contributed by atoms with Crippen molar-refractivity contribution in [3.05, 3.63) is 0 Å². The van der Waals surface area contributed by atoms with Crippen LogP contribution in [0, 0.1) is 5.41 Å². The highest BCUT2D eigenvalue weighted by Gasteiger charge is 2.45. The van der Waals surface area contributed by atoms with Gasteiger partial charge in [-0.2, -0.15) is 0 Å². The van der Waals surface area contributed by atoms with Crippen LogP contribution in [0.2, 0.25) is 0 Å². The third-order valence-corrected chi connectivity index (χ3v) is 4.62. The lowest BCUT2D eigenvalue weighted by atomic mass is 9.67. The second kappa shape index (κ2) is 5.90. The molecule has 5 nitrogen and oxygen atoms in total. The molecule has 0 aromatic rings. The minimum atomic E-state index is -0.264. The van der Waals surface area contributed by atoms with Crippen LogP contribution in [0.5, 0.6) is 0 Å². The van der Waals surface area contributed by atoms with E-state index in [0.717, 1.165) is 45.2 Å². The second-order valence-corrected chi connectivity index (χ2v) is 5.83. The quantitative estimate of drug-likeness (QED) is 0.784. The summed E-state index contributed by atoms with van der Waals surface area (Å²) in [5, 5.41) is 3.01. The maximum atomic E-state index is 12.5. The van der Waals surface area contributed by atoms with E-state index in [4.69, 9.17) is 5.73 Å². The summed E-state index contributed by atoms with van der Waals surface area (Å²) in [6.07, 6.45) is 5.24. The normalized spacial score (nSPS) is 22.7. The number of nitrogens with zero attached hydrogens (tertiary/aromatic N) is 1. The highest BCUT2D eigenvalue weighted by Crippen LogP contribution is 2.41. The molecule has 0 radical (unpaired) electrons. The number of carbonyl (C=O) groups excluding carboxylic acids is 2. The van der Waals surface area contributed by atoms with Gasteiger partial charge in [0.1, 0.15) is 0 Å². The molecule has 0 bridgehead atoms. The lowest BCUT2D eigenvalue weighted by molar-refractivity contribution is -0.147. The zero-order chi connectivity index (χ0) is 13.9. The molecule has 3 N–H and O–H groups in total. The first-order chi connectivity index (χ1) is 9.11. The van der Waals surface area contributed by atoms with Gasteiger partial charge in [0.25, 0.3) is 0 Å². The second-order valence-electron chi connectivity index (χ2n) is 5.83. The third kappa shape index (κ3) is 2.91. The monoisotopic (exact) mass is 267 g/mol. The van der Waals surface area contributed by atoms with Crippen LogP contribution >= 0.6 is 0 Å². The Morgan fingerprint density at radius 2 is 1.95 bits per heavy atom. The molecule has 1 saturated carbocycles. The summed E-state index contributed by atoms with van der Waals surface area (Å²) in [7, 11) is 0. The van der Waals surface area contributed by atoms with E-state index in [1.807, 2.05) is 11.8 Å². The maximum absolute atomic E-state index is 12.5. The Morgan fingerprint density at radius 1 is 1.32 bits per heavy atom. The first-order valence-electron chi connectivity index (χ1n) is 7.40. The lowest BCUT2D eigenvalue weighted by Gasteiger charge is -2.44. The third-order valence-electron chi connectivity index (χ3n) is 4.62. The van der Waals surface area contributed by atoms with E-state index in [0.29, 0.717) is 13.0 Å². The number of nitrogens with one attached hydrogen (secondary N) is 1. The van der Waals surface area contributed by atoms with Crippen LogP contribution < -0.4 is 11.1 Å². The highest BCUT2D eigenvalue weighted by atomic mass is 16.2. The van der Waals surface area contributed by atoms with Gasteiger partial charge in [-0.05, 0) is 25.7 Å². The number of rotatable bonds is 4. The van der Waals surface area contributed by atoms with E-state index < -0.39 is 0 Å². The highest BCUT2D eigenvalue weighted by molar-refractivity contribution is 5.84. The molecule has 0 aromatic carbocycles. The Hall–Kier alpha value is -1.10. The first-order valence-corrected chi connectivity index (χ1v) is 7.40. The van der Waals surface area contributed by atoms with Gasteiger partial charge in [-0.25, -0.2) is 0 Å². The molecule has 108 valence electrons. The van der Waals surface area contributed by atoms with E-state index in [2.05, 4.69) is 5.32 Å². The van der Waals surface area contributed by atoms with Crippen LogP contribution in [-0.4, -0.2) is 42.4 Å². The first kappa shape index (κ1) is 14.3. The molecule has 0 unspecified atom stereocenters. The average Bonchev–Trinajstić information content (AvgIpc) is 2.38. The number of hydrogen-bond acceptors (Lipinski definition) is 3. The zero-order valence-corrected chi connectivity index (χ0v) is 11.8. The fourth-order valence-corrected chi connectivity index (χ4v) is 3.00. The molecule has 2 amide bonds. The van der Waals surface area contributed by atoms with Gasteiger partial charge in [0.2, 0.25) is 11.8 Å². The molecule has 0 aromatic heterocycles. The molecule has 1 aliphatic heterocycles. The number of amides is 2. The summed E-state index contributed by atoms with van der Waals surface area (Å²) in [4.78, 5) is 25.8. The van der Waals surface area contributed by atoms with Crippen molar-refractivity contribution in [1.82, 2.24) is 10.2 Å². The summed E-state index contributed by atoms with van der Waals surface area (Å²) in [6.45, 7) is 3.82. The molecule has 5 heteroatoms. The average molecular weight is 267 g/mol. The molecule has 1 saturated heterocycles. The molecule has 2 fully saturated rings. The van der Waals surface area contributed by atoms with Gasteiger partial charge in [0.05, 0.1) is 5.41 Å². The molecular weight excluding hydrogens is 242 g/mol. The van der Waals surface area contributed by atoms with Crippen molar-refractivity contribution in [2.45, 2.75) is 51.5 Å². The Bertz CT molecular complexity index is 339. The van der Waals surface area contributed by atoms with Crippen molar-refractivity contribution < 1.29 is 9.59 Å². The lowest BCUT2D eigenvalue weighted by Crippen LogP contribution is -2.55. The van der Waals surface area contributed by atoms with Crippen LogP contribution in [0.3, 0.4) is 0 Å². The van der Waals surface area contributed by atoms with Gasteiger partial charge in [0.15, 0.2) is 0 Å². The van der Waals surface area contributed by atoms with Crippen LogP contribution in [0.1, 0.15) is 45.4 Å². The summed E-state index contributed by atoms with van der Waals surface area (Å²) >= 11 is 0. The Kier molecular flexibility index (Phi) is 4.45. The van der Waals surface area contributed by atoms with Gasteiger partial charge in [-0.15, -0.1) is 0 Å². The standard InChI is InChI=1S/C14H25N3O2/c1-2-12(18)16-11-4-8-17(9-5-11)13(19)14(10-15)6-3-7-14/h11H,2-10,15H2,1H3,(H,16,18). The number of likely N-dealkylation sites (tertiary alicyclic amines) is 1. The van der Waals surface area contributed by atoms with Crippen LogP contribution in [0.15, 0.2) is 0 Å². The molecule has 1 heterocycles. The van der Waals surface area contributed by atoms with Gasteiger partial charge in [0, 0.05) is 32.1 Å². The van der Waals surface area contributed by atoms with Gasteiger partial charge < -0.3 is 16.0 Å². The predicted molar refractivity (Wildman–Crippen MR) is 73.4 cm³/mol. The summed E-state index contributed by atoms with van der Waals surface area (Å²) in [5.74, 6) is 0.337. The summed E-state index contributed by atoms with van der Waals surface area (Å²) in [5.41, 5.74) is 5.52. The number of carbonyl (C=O) groups is 2. The van der Waals surface area contributed by atoms with Crippen LogP contribution in [-0.2, 0) is 9.59 Å². The number of hydrogen-bond donors (Lipinski definition) is 2. The molecule has 0 atom stereocenters. The van der Waals surface area contributed by atoms with Crippen molar-refractivity contribution in [2.24, 2.45) is 11.1 Å². The van der Waals surface area contributed by atoms with Crippen molar-refractivity contribution in [2.75, 3.05) is 19.6 Å². The van der Waals surface area contributed by atoms with E-state index >= 15 is 0 Å². The number of nitrogens with two attached hydrogens (primary N) is 1. The summed E-state index contributed by atoms with van der Waals surface area (Å²) < 4.78 is 0. The molecular formula is C14H25N3O2. The van der Waals surface area contributed by atoms with E-state index in [1.54, 1.807) is 0 Å². The maximum Gasteiger partial charge on any atom is 0.230 e. The van der Waals surface area contributed by atoms with Crippen LogP contribution in [0.25, 0.3) is 0 Å². The number of piperidine rings is 1. The zero-order valence-electron chi connectivity index (χ0n) is 11.8. The largest absolute Gasteiger partial charge is 0.353 e. The van der Waals surface area contributed by atoms with Gasteiger partial charge in [-0.3, -0.25) is 9.59 Å². The Labute approximate surface area is 114 Å². The van der Waals surface area contributed by atoms with Gasteiger partial charge >= 0.3 is 0 Å². The molecule has 2 aliphatic rings. The Balaban J connectivity index is 1.83. The molecule has 1 aliphatic carbocycles. The molecule has 0 spiro atoms. The van der Waals surface area contributed by atoms with Crippen molar-refractivity contribution in [3.8, 4) is 0 Å². The van der Waals surface area contributed by atoms with Crippen molar-refractivity contribution >= 4 is 11.8 Å². The Morgan fingerprint density at radius 3 is 2.37 bits per heavy atom. The SMILES string of the molecule is CCC(=O)NC1CCN(C(=O)C2(CN)CCC2)CC1. The smallest absolute Gasteiger partial charge is 0.230 e. The summed E-state index contributed by atoms with van der Waals surface area (Å²) in [6, 6.07) is 0.228. The van der Waals surface area contributed by atoms with Gasteiger partial charge in [-0.1, -0.05) is 13.3 Å². The van der Waals surface area contributed by atoms with E-state index in [-0.39, 0.29) is 23.3 Å². The fraction of sp³-hybridized carbons (Fsp3) is 0.857.